The summed E-state index contributed by atoms with van der Waals surface area (Å²) in [5.74, 6) is 1.48. The lowest BCUT2D eigenvalue weighted by Crippen LogP contribution is -2.40. The summed E-state index contributed by atoms with van der Waals surface area (Å²) >= 11 is 0. The van der Waals surface area contributed by atoms with Gasteiger partial charge in [-0.15, -0.1) is 0 Å². The van der Waals surface area contributed by atoms with Crippen LogP contribution in [-0.2, 0) is 10.9 Å². The van der Waals surface area contributed by atoms with Crippen molar-refractivity contribution in [3.63, 3.8) is 0 Å². The van der Waals surface area contributed by atoms with Gasteiger partial charge in [0.1, 0.15) is 0 Å². The Kier molecular flexibility index (Phi) is 2.89. The van der Waals surface area contributed by atoms with Crippen LogP contribution in [0.4, 0.5) is 0 Å². The summed E-state index contributed by atoms with van der Waals surface area (Å²) in [6, 6.07) is 0. The Balaban J connectivity index is 1.98. The maximum atomic E-state index is 10.8. The summed E-state index contributed by atoms with van der Waals surface area (Å²) in [5, 5.41) is 0. The summed E-state index contributed by atoms with van der Waals surface area (Å²) in [5.41, 5.74) is 0. The third-order valence-corrected chi connectivity index (χ3v) is 4.33. The number of rotatable bonds is 1. The van der Waals surface area contributed by atoms with Gasteiger partial charge in [0.2, 0.25) is 10.9 Å². The Hall–Kier alpha value is -0.0900. The maximum absolute atomic E-state index is 10.8. The number of fused-ring (bicyclic) bond motifs is 1. The van der Waals surface area contributed by atoms with Gasteiger partial charge in [0.15, 0.2) is 0 Å². The lowest BCUT2D eigenvalue weighted by Gasteiger charge is -2.38. The van der Waals surface area contributed by atoms with Crippen molar-refractivity contribution in [3.05, 3.63) is 0 Å². The molecule has 0 spiro atoms. The molecule has 2 atom stereocenters. The molecular formula is C9H17NO2S. The molecule has 1 aliphatic heterocycles. The van der Waals surface area contributed by atoms with E-state index in [0.717, 1.165) is 25.4 Å². The SMILES string of the molecule is O=[SH](=O)N1CCC2CCCCC2C1. The lowest BCUT2D eigenvalue weighted by atomic mass is 9.76. The zero-order chi connectivity index (χ0) is 9.26. The van der Waals surface area contributed by atoms with Crippen LogP contribution in [0, 0.1) is 11.8 Å². The molecule has 0 N–H and O–H groups in total. The number of thiol groups is 1. The van der Waals surface area contributed by atoms with Gasteiger partial charge in [-0.05, 0) is 24.7 Å². The fourth-order valence-corrected chi connectivity index (χ4v) is 3.35. The molecule has 0 aromatic carbocycles. The van der Waals surface area contributed by atoms with E-state index in [2.05, 4.69) is 0 Å². The number of hydrogen-bond acceptors (Lipinski definition) is 2. The fourth-order valence-electron chi connectivity index (χ4n) is 2.73. The van der Waals surface area contributed by atoms with E-state index in [4.69, 9.17) is 0 Å². The Morgan fingerprint density at radius 2 is 1.69 bits per heavy atom. The second-order valence-corrected chi connectivity index (χ2v) is 5.29. The van der Waals surface area contributed by atoms with Crippen molar-refractivity contribution in [1.29, 1.82) is 0 Å². The normalized spacial score (nSPS) is 36.1. The van der Waals surface area contributed by atoms with E-state index in [1.807, 2.05) is 0 Å². The second-order valence-electron chi connectivity index (χ2n) is 4.24. The van der Waals surface area contributed by atoms with Crippen LogP contribution in [0.5, 0.6) is 0 Å². The molecular weight excluding hydrogens is 186 g/mol. The summed E-state index contributed by atoms with van der Waals surface area (Å²) in [6.07, 6.45) is 6.31. The van der Waals surface area contributed by atoms with Crippen molar-refractivity contribution in [2.45, 2.75) is 32.1 Å². The van der Waals surface area contributed by atoms with E-state index in [-0.39, 0.29) is 0 Å². The molecule has 0 aromatic rings. The van der Waals surface area contributed by atoms with Crippen LogP contribution in [-0.4, -0.2) is 25.8 Å². The molecule has 0 aromatic heterocycles. The first-order chi connectivity index (χ1) is 6.27. The maximum Gasteiger partial charge on any atom is 0.203 e. The zero-order valence-corrected chi connectivity index (χ0v) is 8.71. The molecule has 2 fully saturated rings. The highest BCUT2D eigenvalue weighted by Gasteiger charge is 2.31. The molecule has 0 radical (unpaired) electrons. The van der Waals surface area contributed by atoms with Gasteiger partial charge >= 0.3 is 0 Å². The molecule has 1 aliphatic carbocycles. The predicted molar refractivity (Wildman–Crippen MR) is 52.0 cm³/mol. The topological polar surface area (TPSA) is 37.4 Å². The zero-order valence-electron chi connectivity index (χ0n) is 7.82. The standard InChI is InChI=1S/C9H17NO2S/c11-13(12)10-6-5-8-3-1-2-4-9(8)7-10/h8-9,13H,1-7H2. The van der Waals surface area contributed by atoms with Gasteiger partial charge in [-0.25, -0.2) is 12.7 Å². The molecule has 3 nitrogen and oxygen atoms in total. The van der Waals surface area contributed by atoms with Gasteiger partial charge in [0, 0.05) is 13.1 Å². The highest BCUT2D eigenvalue weighted by molar-refractivity contribution is 7.69. The molecule has 76 valence electrons. The minimum atomic E-state index is -2.32. The first kappa shape index (κ1) is 9.46. The van der Waals surface area contributed by atoms with Crippen molar-refractivity contribution >= 4 is 10.9 Å². The smallest absolute Gasteiger partial charge is 0.203 e. The first-order valence-electron chi connectivity index (χ1n) is 5.16. The fraction of sp³-hybridized carbons (Fsp3) is 1.00. The quantitative estimate of drug-likeness (QED) is 0.646. The summed E-state index contributed by atoms with van der Waals surface area (Å²) < 4.78 is 23.2. The first-order valence-corrected chi connectivity index (χ1v) is 6.29. The second kappa shape index (κ2) is 3.96. The van der Waals surface area contributed by atoms with Crippen molar-refractivity contribution in [2.75, 3.05) is 13.1 Å². The van der Waals surface area contributed by atoms with Crippen LogP contribution < -0.4 is 0 Å². The largest absolute Gasteiger partial charge is 0.215 e. The average molecular weight is 203 g/mol. The van der Waals surface area contributed by atoms with Crippen molar-refractivity contribution in [2.24, 2.45) is 11.8 Å². The molecule has 1 heterocycles. The Morgan fingerprint density at radius 1 is 1.00 bits per heavy atom. The van der Waals surface area contributed by atoms with Gasteiger partial charge in [0.25, 0.3) is 0 Å². The molecule has 2 rings (SSSR count). The van der Waals surface area contributed by atoms with Crippen LogP contribution in [0.2, 0.25) is 0 Å². The van der Waals surface area contributed by atoms with Crippen molar-refractivity contribution in [1.82, 2.24) is 4.31 Å². The van der Waals surface area contributed by atoms with Gasteiger partial charge in [0.05, 0.1) is 0 Å². The van der Waals surface area contributed by atoms with Gasteiger partial charge < -0.3 is 0 Å². The van der Waals surface area contributed by atoms with Crippen molar-refractivity contribution < 1.29 is 8.42 Å². The van der Waals surface area contributed by atoms with Crippen LogP contribution in [0.15, 0.2) is 0 Å². The highest BCUT2D eigenvalue weighted by Crippen LogP contribution is 2.35. The number of piperidine rings is 1. The number of nitrogens with zero attached hydrogens (tertiary/aromatic N) is 1. The van der Waals surface area contributed by atoms with E-state index in [0.29, 0.717) is 5.92 Å². The molecule has 2 unspecified atom stereocenters. The molecule has 0 amide bonds. The summed E-state index contributed by atoms with van der Waals surface area (Å²) in [4.78, 5) is 0. The highest BCUT2D eigenvalue weighted by atomic mass is 32.2. The van der Waals surface area contributed by atoms with Crippen molar-refractivity contribution in [3.8, 4) is 0 Å². The Labute approximate surface area is 81.2 Å². The Morgan fingerprint density at radius 3 is 2.38 bits per heavy atom. The van der Waals surface area contributed by atoms with Gasteiger partial charge in [-0.2, -0.15) is 0 Å². The van der Waals surface area contributed by atoms with Crippen LogP contribution in [0.1, 0.15) is 32.1 Å². The van der Waals surface area contributed by atoms with E-state index in [1.165, 1.54) is 25.7 Å². The number of hydrogen-bond donors (Lipinski definition) is 1. The van der Waals surface area contributed by atoms with E-state index in [1.54, 1.807) is 4.31 Å². The minimum Gasteiger partial charge on any atom is -0.215 e. The van der Waals surface area contributed by atoms with Crippen LogP contribution >= 0.6 is 0 Å². The monoisotopic (exact) mass is 203 g/mol. The third-order valence-electron chi connectivity index (χ3n) is 3.50. The average Bonchev–Trinajstić information content (AvgIpc) is 2.17. The summed E-state index contributed by atoms with van der Waals surface area (Å²) in [6.45, 7) is 1.56. The van der Waals surface area contributed by atoms with Crippen LogP contribution in [0.25, 0.3) is 0 Å². The van der Waals surface area contributed by atoms with Crippen LogP contribution in [0.3, 0.4) is 0 Å². The molecule has 4 heteroatoms. The molecule has 1 saturated carbocycles. The Bertz CT molecular complexity index is 244. The molecule has 1 saturated heterocycles. The lowest BCUT2D eigenvalue weighted by molar-refractivity contribution is 0.138. The van der Waals surface area contributed by atoms with E-state index < -0.39 is 10.9 Å². The van der Waals surface area contributed by atoms with E-state index in [9.17, 15) is 8.42 Å². The summed E-state index contributed by atoms with van der Waals surface area (Å²) in [7, 11) is -2.32. The molecule has 13 heavy (non-hydrogen) atoms. The van der Waals surface area contributed by atoms with Gasteiger partial charge in [-0.1, -0.05) is 19.3 Å². The van der Waals surface area contributed by atoms with E-state index >= 15 is 0 Å². The molecule has 2 aliphatic rings. The third kappa shape index (κ3) is 2.05. The minimum absolute atomic E-state index is 0.662. The molecule has 0 bridgehead atoms. The predicted octanol–water partition coefficient (Wildman–Crippen LogP) is 1.02. The van der Waals surface area contributed by atoms with Gasteiger partial charge in [-0.3, -0.25) is 0 Å².